The van der Waals surface area contributed by atoms with Gasteiger partial charge < -0.3 is 4.74 Å². The lowest BCUT2D eigenvalue weighted by Gasteiger charge is -2.07. The zero-order valence-corrected chi connectivity index (χ0v) is 17.2. The molecule has 1 aromatic heterocycles. The molecule has 1 heterocycles. The number of tetrazole rings is 1. The minimum absolute atomic E-state index is 0.431. The smallest absolute Gasteiger partial charge is 0.268 e. The standard InChI is InChI=1S/C25H20N6O/c1-2-7-20(8-3-1)18-32-22-15-13-19(14-16-22)17-26-27-25-28-29-30-31(25)24-12-6-10-21-9-4-5-11-23(21)24/h1-17H,18H2,(H,27,28,30). The summed E-state index contributed by atoms with van der Waals surface area (Å²) in [6.07, 6.45) is 1.71. The Morgan fingerprint density at radius 3 is 2.50 bits per heavy atom. The molecule has 1 N–H and O–H groups in total. The Labute approximate surface area is 185 Å². The molecule has 0 aliphatic heterocycles. The SMILES string of the molecule is C(=NNc1nnnn1-c1cccc2ccccc12)c1ccc(OCc2ccccc2)cc1. The molecule has 7 nitrogen and oxygen atoms in total. The molecule has 0 unspecified atom stereocenters. The summed E-state index contributed by atoms with van der Waals surface area (Å²) in [4.78, 5) is 0. The van der Waals surface area contributed by atoms with Gasteiger partial charge in [0.25, 0.3) is 5.95 Å². The van der Waals surface area contributed by atoms with E-state index in [1.807, 2.05) is 84.9 Å². The Hall–Kier alpha value is -4.52. The quantitative estimate of drug-likeness (QED) is 0.301. The van der Waals surface area contributed by atoms with E-state index in [0.29, 0.717) is 12.6 Å². The van der Waals surface area contributed by atoms with E-state index in [9.17, 15) is 0 Å². The third-order valence-electron chi connectivity index (χ3n) is 4.97. The molecule has 0 atom stereocenters. The van der Waals surface area contributed by atoms with Crippen LogP contribution in [0.15, 0.2) is 102 Å². The van der Waals surface area contributed by atoms with E-state index >= 15 is 0 Å². The summed E-state index contributed by atoms with van der Waals surface area (Å²) >= 11 is 0. The van der Waals surface area contributed by atoms with Crippen molar-refractivity contribution >= 4 is 22.9 Å². The van der Waals surface area contributed by atoms with Crippen LogP contribution < -0.4 is 10.2 Å². The van der Waals surface area contributed by atoms with Gasteiger partial charge in [0.1, 0.15) is 12.4 Å². The summed E-state index contributed by atoms with van der Waals surface area (Å²) in [6.45, 7) is 0.534. The van der Waals surface area contributed by atoms with Crippen LogP contribution in [0, 0.1) is 0 Å². The van der Waals surface area contributed by atoms with Crippen molar-refractivity contribution in [3.8, 4) is 11.4 Å². The number of fused-ring (bicyclic) bond motifs is 1. The van der Waals surface area contributed by atoms with E-state index in [1.165, 1.54) is 0 Å². The van der Waals surface area contributed by atoms with E-state index in [4.69, 9.17) is 4.74 Å². The molecule has 0 aliphatic carbocycles. The lowest BCUT2D eigenvalue weighted by molar-refractivity contribution is 0.306. The molecule has 0 aliphatic rings. The Kier molecular flexibility index (Phi) is 5.53. The highest BCUT2D eigenvalue weighted by atomic mass is 16.5. The Balaban J connectivity index is 1.26. The van der Waals surface area contributed by atoms with E-state index in [1.54, 1.807) is 10.9 Å². The molecule has 7 heteroatoms. The van der Waals surface area contributed by atoms with Crippen LogP contribution in [-0.4, -0.2) is 26.4 Å². The Morgan fingerprint density at radius 2 is 1.62 bits per heavy atom. The van der Waals surface area contributed by atoms with Crippen LogP contribution in [0.3, 0.4) is 0 Å². The number of anilines is 1. The van der Waals surface area contributed by atoms with Gasteiger partial charge in [0.05, 0.1) is 11.9 Å². The molecule has 0 radical (unpaired) electrons. The molecule has 4 aromatic carbocycles. The fraction of sp³-hybridized carbons (Fsp3) is 0.0400. The molecule has 0 bridgehead atoms. The number of aromatic nitrogens is 4. The van der Waals surface area contributed by atoms with Crippen molar-refractivity contribution in [2.45, 2.75) is 6.61 Å². The number of nitrogens with one attached hydrogen (secondary N) is 1. The van der Waals surface area contributed by atoms with E-state index in [2.05, 4.69) is 38.2 Å². The second-order valence-corrected chi connectivity index (χ2v) is 7.13. The summed E-state index contributed by atoms with van der Waals surface area (Å²) in [5.74, 6) is 1.24. The molecule has 0 saturated carbocycles. The average molecular weight is 420 g/mol. The van der Waals surface area contributed by atoms with Crippen molar-refractivity contribution in [3.05, 3.63) is 108 Å². The number of benzene rings is 4. The molecular weight excluding hydrogens is 400 g/mol. The molecular formula is C25H20N6O. The maximum atomic E-state index is 5.82. The third kappa shape index (κ3) is 4.32. The topological polar surface area (TPSA) is 77.2 Å². The van der Waals surface area contributed by atoms with Gasteiger partial charge in [0.2, 0.25) is 0 Å². The molecule has 5 aromatic rings. The lowest BCUT2D eigenvalue weighted by Crippen LogP contribution is -2.04. The molecule has 0 saturated heterocycles. The second-order valence-electron chi connectivity index (χ2n) is 7.13. The average Bonchev–Trinajstić information content (AvgIpc) is 3.32. The number of hydrogen-bond acceptors (Lipinski definition) is 6. The summed E-state index contributed by atoms with van der Waals surface area (Å²) in [6, 6.07) is 31.9. The number of rotatable bonds is 7. The number of hydrazone groups is 1. The van der Waals surface area contributed by atoms with Crippen LogP contribution in [0.25, 0.3) is 16.5 Å². The van der Waals surface area contributed by atoms with Gasteiger partial charge in [-0.15, -0.1) is 0 Å². The van der Waals surface area contributed by atoms with Gasteiger partial charge in [0.15, 0.2) is 0 Å². The van der Waals surface area contributed by atoms with Crippen molar-refractivity contribution in [2.75, 3.05) is 5.43 Å². The molecule has 0 amide bonds. The van der Waals surface area contributed by atoms with Crippen LogP contribution >= 0.6 is 0 Å². The first-order valence-electron chi connectivity index (χ1n) is 10.2. The van der Waals surface area contributed by atoms with Crippen LogP contribution in [0.5, 0.6) is 5.75 Å². The minimum Gasteiger partial charge on any atom is -0.489 e. The minimum atomic E-state index is 0.431. The largest absolute Gasteiger partial charge is 0.489 e. The van der Waals surface area contributed by atoms with Gasteiger partial charge >= 0.3 is 0 Å². The Bertz CT molecular complexity index is 1340. The van der Waals surface area contributed by atoms with Gasteiger partial charge in [-0.3, -0.25) is 0 Å². The zero-order chi connectivity index (χ0) is 21.6. The first-order chi connectivity index (χ1) is 15.9. The van der Waals surface area contributed by atoms with Crippen LogP contribution in [-0.2, 0) is 6.61 Å². The first kappa shape index (κ1) is 19.4. The molecule has 0 spiro atoms. The molecule has 156 valence electrons. The van der Waals surface area contributed by atoms with Crippen molar-refractivity contribution in [3.63, 3.8) is 0 Å². The molecule has 5 rings (SSSR count). The van der Waals surface area contributed by atoms with Gasteiger partial charge in [-0.05, 0) is 57.3 Å². The number of ether oxygens (including phenoxy) is 1. The Morgan fingerprint density at radius 1 is 0.844 bits per heavy atom. The number of hydrogen-bond donors (Lipinski definition) is 1. The van der Waals surface area contributed by atoms with Crippen molar-refractivity contribution in [2.24, 2.45) is 5.10 Å². The van der Waals surface area contributed by atoms with Gasteiger partial charge in [0, 0.05) is 5.39 Å². The van der Waals surface area contributed by atoms with Crippen molar-refractivity contribution in [1.29, 1.82) is 0 Å². The fourth-order valence-corrected chi connectivity index (χ4v) is 3.37. The summed E-state index contributed by atoms with van der Waals surface area (Å²) in [5, 5.41) is 18.4. The highest BCUT2D eigenvalue weighted by molar-refractivity contribution is 5.90. The first-order valence-corrected chi connectivity index (χ1v) is 10.2. The molecule has 32 heavy (non-hydrogen) atoms. The van der Waals surface area contributed by atoms with E-state index < -0.39 is 0 Å². The zero-order valence-electron chi connectivity index (χ0n) is 17.2. The van der Waals surface area contributed by atoms with Gasteiger partial charge in [-0.25, -0.2) is 5.43 Å². The third-order valence-corrected chi connectivity index (χ3v) is 4.97. The summed E-state index contributed by atoms with van der Waals surface area (Å²) < 4.78 is 7.46. The summed E-state index contributed by atoms with van der Waals surface area (Å²) in [7, 11) is 0. The van der Waals surface area contributed by atoms with Crippen LogP contribution in [0.1, 0.15) is 11.1 Å². The highest BCUT2D eigenvalue weighted by Gasteiger charge is 2.10. The summed E-state index contributed by atoms with van der Waals surface area (Å²) in [5.41, 5.74) is 5.87. The maximum absolute atomic E-state index is 5.82. The normalized spacial score (nSPS) is 11.1. The van der Waals surface area contributed by atoms with E-state index in [0.717, 1.165) is 33.3 Å². The predicted octanol–water partition coefficient (Wildman–Crippen LogP) is 4.84. The maximum Gasteiger partial charge on any atom is 0.268 e. The number of nitrogens with zero attached hydrogens (tertiary/aromatic N) is 5. The van der Waals surface area contributed by atoms with Crippen molar-refractivity contribution in [1.82, 2.24) is 20.2 Å². The van der Waals surface area contributed by atoms with Crippen LogP contribution in [0.2, 0.25) is 0 Å². The monoisotopic (exact) mass is 420 g/mol. The lowest BCUT2D eigenvalue weighted by atomic mass is 10.1. The van der Waals surface area contributed by atoms with Gasteiger partial charge in [-0.2, -0.15) is 9.78 Å². The highest BCUT2D eigenvalue weighted by Crippen LogP contribution is 2.23. The second kappa shape index (κ2) is 9.09. The van der Waals surface area contributed by atoms with Crippen molar-refractivity contribution < 1.29 is 4.74 Å². The van der Waals surface area contributed by atoms with Gasteiger partial charge in [-0.1, -0.05) is 71.8 Å². The van der Waals surface area contributed by atoms with Crippen LogP contribution in [0.4, 0.5) is 5.95 Å². The molecule has 0 fully saturated rings. The van der Waals surface area contributed by atoms with E-state index in [-0.39, 0.29) is 0 Å². The predicted molar refractivity (Wildman–Crippen MR) is 125 cm³/mol. The fourth-order valence-electron chi connectivity index (χ4n) is 3.37.